The molecule has 2 N–H and O–H groups in total. The van der Waals surface area contributed by atoms with E-state index < -0.39 is 0 Å². The predicted molar refractivity (Wildman–Crippen MR) is 76.4 cm³/mol. The van der Waals surface area contributed by atoms with Crippen LogP contribution in [0.25, 0.3) is 0 Å². The van der Waals surface area contributed by atoms with Crippen LogP contribution in [0, 0.1) is 6.07 Å². The van der Waals surface area contributed by atoms with Crippen molar-refractivity contribution in [1.29, 1.82) is 0 Å². The van der Waals surface area contributed by atoms with E-state index >= 15 is 0 Å². The summed E-state index contributed by atoms with van der Waals surface area (Å²) in [5, 5.41) is 0. The first-order chi connectivity index (χ1) is 8.81. The third-order valence-electron chi connectivity index (χ3n) is 3.46. The third-order valence-corrected chi connectivity index (χ3v) is 3.46. The number of nitrogens with two attached hydrogens (primary N) is 1. The number of rotatable bonds is 5. The molecular formula is C17H20N. The molecule has 2 aromatic rings. The molecule has 0 saturated heterocycles. The van der Waals surface area contributed by atoms with Gasteiger partial charge in [0, 0.05) is 12.0 Å². The third kappa shape index (κ3) is 3.21. The summed E-state index contributed by atoms with van der Waals surface area (Å²) in [5.41, 5.74) is 8.95. The van der Waals surface area contributed by atoms with Gasteiger partial charge in [-0.25, -0.2) is 0 Å². The maximum atomic E-state index is 6.29. The van der Waals surface area contributed by atoms with Gasteiger partial charge in [0.15, 0.2) is 0 Å². The molecule has 1 nitrogen and oxygen atoms in total. The fraction of sp³-hybridized carbons (Fsp3) is 0.294. The van der Waals surface area contributed by atoms with Crippen LogP contribution >= 0.6 is 0 Å². The first kappa shape index (κ1) is 12.8. The van der Waals surface area contributed by atoms with Crippen molar-refractivity contribution in [3.8, 4) is 0 Å². The SMILES string of the molecule is CCC(N)C(Cc1cc[c]cc1)c1ccccc1. The van der Waals surface area contributed by atoms with E-state index in [1.807, 2.05) is 12.1 Å². The van der Waals surface area contributed by atoms with E-state index in [2.05, 4.69) is 55.5 Å². The molecule has 0 heterocycles. The lowest BCUT2D eigenvalue weighted by molar-refractivity contribution is 0.515. The predicted octanol–water partition coefficient (Wildman–Crippen LogP) is 3.55. The molecule has 0 aliphatic heterocycles. The Balaban J connectivity index is 2.21. The minimum atomic E-state index is 0.205. The summed E-state index contributed by atoms with van der Waals surface area (Å²) in [6.07, 6.45) is 1.99. The molecule has 18 heavy (non-hydrogen) atoms. The molecule has 0 amide bonds. The molecule has 0 aromatic heterocycles. The van der Waals surface area contributed by atoms with Crippen LogP contribution in [0.5, 0.6) is 0 Å². The van der Waals surface area contributed by atoms with Gasteiger partial charge in [0.25, 0.3) is 0 Å². The molecule has 0 bridgehead atoms. The normalized spacial score (nSPS) is 14.1. The fourth-order valence-electron chi connectivity index (χ4n) is 2.31. The van der Waals surface area contributed by atoms with Gasteiger partial charge < -0.3 is 5.73 Å². The van der Waals surface area contributed by atoms with E-state index in [1.165, 1.54) is 11.1 Å². The lowest BCUT2D eigenvalue weighted by Crippen LogP contribution is -2.29. The maximum Gasteiger partial charge on any atom is 0.0108 e. The largest absolute Gasteiger partial charge is 0.327 e. The van der Waals surface area contributed by atoms with E-state index in [0.717, 1.165) is 12.8 Å². The highest BCUT2D eigenvalue weighted by atomic mass is 14.6. The van der Waals surface area contributed by atoms with Crippen LogP contribution in [-0.4, -0.2) is 6.04 Å². The Bertz CT molecular complexity index is 450. The average Bonchev–Trinajstić information content (AvgIpc) is 2.46. The van der Waals surface area contributed by atoms with E-state index in [4.69, 9.17) is 5.73 Å². The standard InChI is InChI=1S/C17H20N/c1-2-17(18)16(15-11-7-4-8-12-15)13-14-9-5-3-6-10-14/h4-12,16-17H,2,13,18H2,1H3. The van der Waals surface area contributed by atoms with Gasteiger partial charge in [0.2, 0.25) is 0 Å². The highest BCUT2D eigenvalue weighted by Crippen LogP contribution is 2.24. The van der Waals surface area contributed by atoms with E-state index in [9.17, 15) is 0 Å². The van der Waals surface area contributed by atoms with E-state index in [1.54, 1.807) is 0 Å². The molecule has 0 saturated carbocycles. The molecule has 0 fully saturated rings. The van der Waals surface area contributed by atoms with Crippen LogP contribution in [0.2, 0.25) is 0 Å². The molecule has 2 rings (SSSR count). The minimum absolute atomic E-state index is 0.205. The Morgan fingerprint density at radius 3 is 2.33 bits per heavy atom. The highest BCUT2D eigenvalue weighted by Gasteiger charge is 2.18. The summed E-state index contributed by atoms with van der Waals surface area (Å²) in [6, 6.07) is 22.0. The van der Waals surface area contributed by atoms with Crippen molar-refractivity contribution in [2.24, 2.45) is 5.73 Å². The second-order valence-corrected chi connectivity index (χ2v) is 4.70. The number of hydrogen-bond acceptors (Lipinski definition) is 1. The van der Waals surface area contributed by atoms with Gasteiger partial charge in [-0.2, -0.15) is 0 Å². The Hall–Kier alpha value is -1.60. The van der Waals surface area contributed by atoms with Gasteiger partial charge in [-0.15, -0.1) is 0 Å². The summed E-state index contributed by atoms with van der Waals surface area (Å²) in [4.78, 5) is 0. The molecule has 2 aromatic carbocycles. The lowest BCUT2D eigenvalue weighted by Gasteiger charge is -2.23. The highest BCUT2D eigenvalue weighted by molar-refractivity contribution is 5.25. The Morgan fingerprint density at radius 2 is 1.72 bits per heavy atom. The van der Waals surface area contributed by atoms with Crippen LogP contribution in [0.4, 0.5) is 0 Å². The fourth-order valence-corrected chi connectivity index (χ4v) is 2.31. The van der Waals surface area contributed by atoms with Crippen molar-refractivity contribution in [3.63, 3.8) is 0 Å². The minimum Gasteiger partial charge on any atom is -0.327 e. The topological polar surface area (TPSA) is 26.0 Å². The molecule has 0 aliphatic rings. The van der Waals surface area contributed by atoms with Gasteiger partial charge in [-0.05, 0) is 30.0 Å². The van der Waals surface area contributed by atoms with E-state index in [0.29, 0.717) is 5.92 Å². The average molecular weight is 238 g/mol. The van der Waals surface area contributed by atoms with Crippen LogP contribution in [0.3, 0.4) is 0 Å². The molecule has 2 unspecified atom stereocenters. The molecular weight excluding hydrogens is 218 g/mol. The van der Waals surface area contributed by atoms with Crippen molar-refractivity contribution in [2.45, 2.75) is 31.7 Å². The molecule has 2 atom stereocenters. The van der Waals surface area contributed by atoms with Crippen molar-refractivity contribution < 1.29 is 0 Å². The Morgan fingerprint density at radius 1 is 1.06 bits per heavy atom. The molecule has 0 aliphatic carbocycles. The second-order valence-electron chi connectivity index (χ2n) is 4.70. The van der Waals surface area contributed by atoms with Gasteiger partial charge >= 0.3 is 0 Å². The zero-order chi connectivity index (χ0) is 12.8. The number of hydrogen-bond donors (Lipinski definition) is 1. The first-order valence-corrected chi connectivity index (χ1v) is 6.56. The van der Waals surface area contributed by atoms with Crippen molar-refractivity contribution in [3.05, 3.63) is 71.8 Å². The van der Waals surface area contributed by atoms with Crippen LogP contribution in [-0.2, 0) is 6.42 Å². The maximum absolute atomic E-state index is 6.29. The molecule has 0 spiro atoms. The van der Waals surface area contributed by atoms with Gasteiger partial charge in [-0.3, -0.25) is 0 Å². The van der Waals surface area contributed by atoms with E-state index in [-0.39, 0.29) is 6.04 Å². The van der Waals surface area contributed by atoms with Gasteiger partial charge in [-0.1, -0.05) is 61.5 Å². The van der Waals surface area contributed by atoms with Crippen molar-refractivity contribution in [1.82, 2.24) is 0 Å². The summed E-state index contributed by atoms with van der Waals surface area (Å²) >= 11 is 0. The quantitative estimate of drug-likeness (QED) is 0.847. The monoisotopic (exact) mass is 238 g/mol. The molecule has 1 radical (unpaired) electrons. The zero-order valence-corrected chi connectivity index (χ0v) is 10.8. The summed E-state index contributed by atoms with van der Waals surface area (Å²) < 4.78 is 0. The smallest absolute Gasteiger partial charge is 0.0108 e. The van der Waals surface area contributed by atoms with Crippen molar-refractivity contribution in [2.75, 3.05) is 0 Å². The summed E-state index contributed by atoms with van der Waals surface area (Å²) in [5.74, 6) is 0.388. The second kappa shape index (κ2) is 6.36. The Kier molecular flexibility index (Phi) is 4.54. The van der Waals surface area contributed by atoms with Crippen LogP contribution in [0.1, 0.15) is 30.4 Å². The van der Waals surface area contributed by atoms with Gasteiger partial charge in [0.1, 0.15) is 0 Å². The Labute approximate surface area is 110 Å². The first-order valence-electron chi connectivity index (χ1n) is 6.56. The zero-order valence-electron chi connectivity index (χ0n) is 10.8. The summed E-state index contributed by atoms with van der Waals surface area (Å²) in [7, 11) is 0. The van der Waals surface area contributed by atoms with Gasteiger partial charge in [0.05, 0.1) is 0 Å². The molecule has 1 heteroatoms. The van der Waals surface area contributed by atoms with Crippen LogP contribution in [0.15, 0.2) is 54.6 Å². The van der Waals surface area contributed by atoms with Crippen molar-refractivity contribution >= 4 is 0 Å². The summed E-state index contributed by atoms with van der Waals surface area (Å²) in [6.45, 7) is 2.15. The lowest BCUT2D eigenvalue weighted by atomic mass is 9.85. The molecule has 93 valence electrons. The number of benzene rings is 2. The van der Waals surface area contributed by atoms with Crippen LogP contribution < -0.4 is 5.73 Å².